The molecule has 1 rings (SSSR count). The van der Waals surface area contributed by atoms with Crippen molar-refractivity contribution >= 4 is 11.7 Å². The SMILES string of the molecule is COc1ccnc(NC(=O)[C@@H](N)C(C)C)c1. The highest BCUT2D eigenvalue weighted by molar-refractivity contribution is 5.94. The number of nitrogens with zero attached hydrogens (tertiary/aromatic N) is 1. The molecule has 0 aliphatic carbocycles. The van der Waals surface area contributed by atoms with Crippen LogP contribution in [0, 0.1) is 5.92 Å². The Morgan fingerprint density at radius 1 is 1.56 bits per heavy atom. The molecule has 0 saturated heterocycles. The Labute approximate surface area is 95.0 Å². The summed E-state index contributed by atoms with van der Waals surface area (Å²) in [4.78, 5) is 15.6. The van der Waals surface area contributed by atoms with Gasteiger partial charge >= 0.3 is 0 Å². The number of nitrogens with two attached hydrogens (primary N) is 1. The molecule has 16 heavy (non-hydrogen) atoms. The molecule has 0 fully saturated rings. The highest BCUT2D eigenvalue weighted by Gasteiger charge is 2.17. The van der Waals surface area contributed by atoms with Gasteiger partial charge in [-0.25, -0.2) is 4.98 Å². The van der Waals surface area contributed by atoms with Gasteiger partial charge in [-0.05, 0) is 12.0 Å². The molecule has 88 valence electrons. The van der Waals surface area contributed by atoms with E-state index in [1.807, 2.05) is 13.8 Å². The number of rotatable bonds is 4. The van der Waals surface area contributed by atoms with Crippen molar-refractivity contribution in [3.05, 3.63) is 18.3 Å². The van der Waals surface area contributed by atoms with Crippen LogP contribution < -0.4 is 15.8 Å². The van der Waals surface area contributed by atoms with Crippen LogP contribution in [-0.2, 0) is 4.79 Å². The molecule has 0 radical (unpaired) electrons. The normalized spacial score (nSPS) is 12.3. The lowest BCUT2D eigenvalue weighted by atomic mass is 10.1. The van der Waals surface area contributed by atoms with E-state index in [-0.39, 0.29) is 11.8 Å². The fourth-order valence-corrected chi connectivity index (χ4v) is 1.12. The van der Waals surface area contributed by atoms with E-state index < -0.39 is 6.04 Å². The van der Waals surface area contributed by atoms with Crippen molar-refractivity contribution in [1.82, 2.24) is 4.98 Å². The van der Waals surface area contributed by atoms with E-state index in [2.05, 4.69) is 10.3 Å². The number of aromatic nitrogens is 1. The van der Waals surface area contributed by atoms with Crippen LogP contribution in [0.3, 0.4) is 0 Å². The van der Waals surface area contributed by atoms with Gasteiger partial charge in [0.05, 0.1) is 13.2 Å². The van der Waals surface area contributed by atoms with Gasteiger partial charge in [0.15, 0.2) is 0 Å². The highest BCUT2D eigenvalue weighted by atomic mass is 16.5. The Balaban J connectivity index is 2.69. The number of pyridine rings is 1. The van der Waals surface area contributed by atoms with E-state index in [0.717, 1.165) is 0 Å². The minimum Gasteiger partial charge on any atom is -0.497 e. The van der Waals surface area contributed by atoms with Gasteiger partial charge in [-0.1, -0.05) is 13.8 Å². The first kappa shape index (κ1) is 12.4. The lowest BCUT2D eigenvalue weighted by molar-refractivity contribution is -0.118. The molecule has 5 nitrogen and oxygen atoms in total. The van der Waals surface area contributed by atoms with Crippen LogP contribution in [0.1, 0.15) is 13.8 Å². The van der Waals surface area contributed by atoms with Gasteiger partial charge in [0.25, 0.3) is 0 Å². The number of methoxy groups -OCH3 is 1. The molecule has 0 bridgehead atoms. The molecule has 0 unspecified atom stereocenters. The summed E-state index contributed by atoms with van der Waals surface area (Å²) in [6.07, 6.45) is 1.56. The zero-order chi connectivity index (χ0) is 12.1. The Morgan fingerprint density at radius 2 is 2.25 bits per heavy atom. The number of hydrogen-bond acceptors (Lipinski definition) is 4. The molecule has 1 aromatic heterocycles. The minimum absolute atomic E-state index is 0.0885. The zero-order valence-corrected chi connectivity index (χ0v) is 9.73. The molecule has 1 amide bonds. The summed E-state index contributed by atoms with van der Waals surface area (Å²) in [5, 5.41) is 2.64. The molecule has 0 aliphatic heterocycles. The van der Waals surface area contributed by atoms with E-state index in [4.69, 9.17) is 10.5 Å². The smallest absolute Gasteiger partial charge is 0.242 e. The molecule has 0 spiro atoms. The third kappa shape index (κ3) is 3.20. The molecule has 0 aliphatic rings. The number of amides is 1. The van der Waals surface area contributed by atoms with Crippen molar-refractivity contribution in [1.29, 1.82) is 0 Å². The fraction of sp³-hybridized carbons (Fsp3) is 0.455. The number of carbonyl (C=O) groups excluding carboxylic acids is 1. The number of hydrogen-bond donors (Lipinski definition) is 2. The number of ether oxygens (including phenoxy) is 1. The Hall–Kier alpha value is -1.62. The van der Waals surface area contributed by atoms with Crippen LogP contribution in [0.2, 0.25) is 0 Å². The summed E-state index contributed by atoms with van der Waals surface area (Å²) >= 11 is 0. The van der Waals surface area contributed by atoms with E-state index in [1.165, 1.54) is 0 Å². The average molecular weight is 223 g/mol. The third-order valence-electron chi connectivity index (χ3n) is 2.24. The second kappa shape index (κ2) is 5.46. The second-order valence-electron chi connectivity index (χ2n) is 3.84. The van der Waals surface area contributed by atoms with Gasteiger partial charge < -0.3 is 15.8 Å². The van der Waals surface area contributed by atoms with Crippen LogP contribution in [0.25, 0.3) is 0 Å². The van der Waals surface area contributed by atoms with Crippen molar-refractivity contribution < 1.29 is 9.53 Å². The number of anilines is 1. The molecule has 5 heteroatoms. The van der Waals surface area contributed by atoms with Gasteiger partial charge in [-0.15, -0.1) is 0 Å². The first-order valence-corrected chi connectivity index (χ1v) is 5.11. The van der Waals surface area contributed by atoms with Gasteiger partial charge in [0.1, 0.15) is 11.6 Å². The molecule has 3 N–H and O–H groups in total. The molecular formula is C11H17N3O2. The topological polar surface area (TPSA) is 77.2 Å². The van der Waals surface area contributed by atoms with Crippen molar-refractivity contribution in [2.75, 3.05) is 12.4 Å². The third-order valence-corrected chi connectivity index (χ3v) is 2.24. The summed E-state index contributed by atoms with van der Waals surface area (Å²) in [6.45, 7) is 3.78. The van der Waals surface area contributed by atoms with Crippen molar-refractivity contribution in [3.8, 4) is 5.75 Å². The predicted molar refractivity (Wildman–Crippen MR) is 62.2 cm³/mol. The van der Waals surface area contributed by atoms with Gasteiger partial charge in [0.2, 0.25) is 5.91 Å². The Bertz CT molecular complexity index is 366. The maximum Gasteiger partial charge on any atom is 0.242 e. The number of carbonyl (C=O) groups is 1. The Kier molecular flexibility index (Phi) is 4.25. The van der Waals surface area contributed by atoms with Gasteiger partial charge in [0, 0.05) is 12.3 Å². The molecule has 0 saturated carbocycles. The maximum absolute atomic E-state index is 11.6. The van der Waals surface area contributed by atoms with Crippen LogP contribution in [0.15, 0.2) is 18.3 Å². The minimum atomic E-state index is -0.534. The van der Waals surface area contributed by atoms with E-state index in [9.17, 15) is 4.79 Å². The summed E-state index contributed by atoms with van der Waals surface area (Å²) in [7, 11) is 1.56. The lowest BCUT2D eigenvalue weighted by Gasteiger charge is -2.14. The van der Waals surface area contributed by atoms with Crippen LogP contribution in [-0.4, -0.2) is 24.0 Å². The summed E-state index contributed by atoms with van der Waals surface area (Å²) in [5.74, 6) is 0.935. The fourth-order valence-electron chi connectivity index (χ4n) is 1.12. The van der Waals surface area contributed by atoms with Crippen LogP contribution in [0.5, 0.6) is 5.75 Å². The molecule has 1 heterocycles. The first-order chi connectivity index (χ1) is 7.54. The van der Waals surface area contributed by atoms with E-state index in [1.54, 1.807) is 25.4 Å². The van der Waals surface area contributed by atoms with E-state index >= 15 is 0 Å². The van der Waals surface area contributed by atoms with Crippen molar-refractivity contribution in [2.45, 2.75) is 19.9 Å². The first-order valence-electron chi connectivity index (χ1n) is 5.11. The second-order valence-corrected chi connectivity index (χ2v) is 3.84. The molecular weight excluding hydrogens is 206 g/mol. The largest absolute Gasteiger partial charge is 0.497 e. The predicted octanol–water partition coefficient (Wildman–Crippen LogP) is 1.01. The van der Waals surface area contributed by atoms with Crippen LogP contribution >= 0.6 is 0 Å². The summed E-state index contributed by atoms with van der Waals surface area (Å²) in [5.41, 5.74) is 5.71. The van der Waals surface area contributed by atoms with Crippen molar-refractivity contribution in [2.24, 2.45) is 11.7 Å². The summed E-state index contributed by atoms with van der Waals surface area (Å²) in [6, 6.07) is 2.82. The van der Waals surface area contributed by atoms with Crippen LogP contribution in [0.4, 0.5) is 5.82 Å². The maximum atomic E-state index is 11.6. The molecule has 1 atom stereocenters. The standard InChI is InChI=1S/C11H17N3O2/c1-7(2)10(12)11(15)14-9-6-8(16-3)4-5-13-9/h4-7,10H,12H2,1-3H3,(H,13,14,15)/t10-/m0/s1. The monoisotopic (exact) mass is 223 g/mol. The molecule has 1 aromatic rings. The van der Waals surface area contributed by atoms with Gasteiger partial charge in [-0.2, -0.15) is 0 Å². The highest BCUT2D eigenvalue weighted by Crippen LogP contribution is 2.14. The lowest BCUT2D eigenvalue weighted by Crippen LogP contribution is -2.39. The average Bonchev–Trinajstić information content (AvgIpc) is 2.28. The zero-order valence-electron chi connectivity index (χ0n) is 9.73. The van der Waals surface area contributed by atoms with Crippen molar-refractivity contribution in [3.63, 3.8) is 0 Å². The molecule has 0 aromatic carbocycles. The number of nitrogens with one attached hydrogen (secondary N) is 1. The summed E-state index contributed by atoms with van der Waals surface area (Å²) < 4.78 is 5.02. The van der Waals surface area contributed by atoms with E-state index in [0.29, 0.717) is 11.6 Å². The Morgan fingerprint density at radius 3 is 2.81 bits per heavy atom. The van der Waals surface area contributed by atoms with Gasteiger partial charge in [-0.3, -0.25) is 4.79 Å². The quantitative estimate of drug-likeness (QED) is 0.798.